The van der Waals surface area contributed by atoms with Gasteiger partial charge >= 0.3 is 0 Å². The molecule has 2 aliphatic rings. The lowest BCUT2D eigenvalue weighted by Gasteiger charge is -2.51. The minimum absolute atomic E-state index is 0.0189. The molecule has 2 amide bonds. The zero-order chi connectivity index (χ0) is 21.8. The van der Waals surface area contributed by atoms with Gasteiger partial charge < -0.3 is 19.5 Å². The van der Waals surface area contributed by atoms with Gasteiger partial charge in [-0.1, -0.05) is 46.3 Å². The van der Waals surface area contributed by atoms with Gasteiger partial charge in [-0.05, 0) is 36.2 Å². The maximum Gasteiger partial charge on any atom is 0.255 e. The summed E-state index contributed by atoms with van der Waals surface area (Å²) >= 11 is 3.51. The molecule has 160 valence electrons. The number of H-pyrrole nitrogens is 1. The summed E-state index contributed by atoms with van der Waals surface area (Å²) in [5.41, 5.74) is 2.95. The highest BCUT2D eigenvalue weighted by Crippen LogP contribution is 2.48. The SMILES string of the molecule is COCCN1CC(=O)N2CC(c3ccc(Br)cc3)c3c([nH]c4ccccc34)[C@@]2(C)C1=O. The fraction of sp³-hybridized carbons (Fsp3) is 0.333. The number of halogens is 1. The fourth-order valence-electron chi connectivity index (χ4n) is 5.05. The molecule has 0 spiro atoms. The van der Waals surface area contributed by atoms with Gasteiger partial charge in [-0.15, -0.1) is 0 Å². The summed E-state index contributed by atoms with van der Waals surface area (Å²) in [5.74, 6) is -0.120. The smallest absolute Gasteiger partial charge is 0.255 e. The van der Waals surface area contributed by atoms with Crippen LogP contribution in [0.3, 0.4) is 0 Å². The molecular weight excluding hydrogens is 458 g/mol. The van der Waals surface area contributed by atoms with Gasteiger partial charge in [-0.3, -0.25) is 9.59 Å². The number of benzene rings is 2. The number of rotatable bonds is 4. The Labute approximate surface area is 189 Å². The van der Waals surface area contributed by atoms with Crippen LogP contribution in [-0.4, -0.2) is 59.9 Å². The zero-order valence-electron chi connectivity index (χ0n) is 17.5. The van der Waals surface area contributed by atoms with E-state index in [-0.39, 0.29) is 24.3 Å². The van der Waals surface area contributed by atoms with Crippen molar-refractivity contribution in [1.82, 2.24) is 14.8 Å². The van der Waals surface area contributed by atoms with E-state index in [0.29, 0.717) is 19.7 Å². The second-order valence-electron chi connectivity index (χ2n) is 8.36. The number of aromatic nitrogens is 1. The molecule has 3 heterocycles. The van der Waals surface area contributed by atoms with Crippen molar-refractivity contribution in [3.63, 3.8) is 0 Å². The van der Waals surface area contributed by atoms with Gasteiger partial charge in [0.05, 0.1) is 18.8 Å². The van der Waals surface area contributed by atoms with E-state index >= 15 is 0 Å². The van der Waals surface area contributed by atoms with Crippen molar-refractivity contribution in [2.75, 3.05) is 33.4 Å². The number of ether oxygens (including phenoxy) is 1. The first-order chi connectivity index (χ1) is 14.9. The second kappa shape index (κ2) is 7.50. The average molecular weight is 482 g/mol. The number of para-hydroxylation sites is 1. The summed E-state index contributed by atoms with van der Waals surface area (Å²) < 4.78 is 6.18. The van der Waals surface area contributed by atoms with Crippen molar-refractivity contribution in [3.05, 3.63) is 69.8 Å². The van der Waals surface area contributed by atoms with Crippen molar-refractivity contribution >= 4 is 38.6 Å². The number of fused-ring (bicyclic) bond motifs is 5. The minimum atomic E-state index is -1.07. The molecule has 1 unspecified atom stereocenters. The van der Waals surface area contributed by atoms with Gasteiger partial charge in [0, 0.05) is 41.5 Å². The first-order valence-electron chi connectivity index (χ1n) is 10.4. The van der Waals surface area contributed by atoms with Crippen LogP contribution < -0.4 is 0 Å². The highest BCUT2D eigenvalue weighted by molar-refractivity contribution is 9.10. The Bertz CT molecular complexity index is 1170. The van der Waals surface area contributed by atoms with E-state index in [0.717, 1.165) is 32.2 Å². The number of methoxy groups -OCH3 is 1. The van der Waals surface area contributed by atoms with Crippen LogP contribution >= 0.6 is 15.9 Å². The maximum atomic E-state index is 13.7. The average Bonchev–Trinajstić information content (AvgIpc) is 3.17. The van der Waals surface area contributed by atoms with Gasteiger partial charge in [-0.2, -0.15) is 0 Å². The summed E-state index contributed by atoms with van der Waals surface area (Å²) in [6.07, 6.45) is 0. The van der Waals surface area contributed by atoms with E-state index in [4.69, 9.17) is 4.74 Å². The number of aromatic amines is 1. The first-order valence-corrected chi connectivity index (χ1v) is 11.2. The molecule has 1 N–H and O–H groups in total. The maximum absolute atomic E-state index is 13.7. The Morgan fingerprint density at radius 2 is 1.90 bits per heavy atom. The second-order valence-corrected chi connectivity index (χ2v) is 9.28. The Balaban J connectivity index is 1.72. The third-order valence-electron chi connectivity index (χ3n) is 6.66. The largest absolute Gasteiger partial charge is 0.383 e. The number of hydrogen-bond acceptors (Lipinski definition) is 3. The summed E-state index contributed by atoms with van der Waals surface area (Å²) in [7, 11) is 1.60. The van der Waals surface area contributed by atoms with Crippen LogP contribution in [0.25, 0.3) is 10.9 Å². The molecule has 0 bridgehead atoms. The molecule has 6 nitrogen and oxygen atoms in total. The van der Waals surface area contributed by atoms with Crippen molar-refractivity contribution < 1.29 is 14.3 Å². The number of amides is 2. The zero-order valence-corrected chi connectivity index (χ0v) is 19.1. The molecule has 7 heteroatoms. The highest BCUT2D eigenvalue weighted by atomic mass is 79.9. The summed E-state index contributed by atoms with van der Waals surface area (Å²) in [6.45, 7) is 3.22. The molecule has 5 rings (SSSR count). The number of carbonyl (C=O) groups is 2. The Kier molecular flexibility index (Phi) is 4.90. The van der Waals surface area contributed by atoms with Gasteiger partial charge in [-0.25, -0.2) is 0 Å². The molecule has 0 saturated carbocycles. The molecule has 3 aromatic rings. The Morgan fingerprint density at radius 3 is 2.65 bits per heavy atom. The predicted octanol–water partition coefficient (Wildman–Crippen LogP) is 3.61. The van der Waals surface area contributed by atoms with E-state index < -0.39 is 5.54 Å². The van der Waals surface area contributed by atoms with E-state index in [1.165, 1.54) is 0 Å². The third-order valence-corrected chi connectivity index (χ3v) is 7.18. The number of nitrogens with zero attached hydrogens (tertiary/aromatic N) is 2. The molecule has 2 aromatic carbocycles. The van der Waals surface area contributed by atoms with Crippen molar-refractivity contribution in [2.24, 2.45) is 0 Å². The van der Waals surface area contributed by atoms with Crippen LogP contribution in [0.1, 0.15) is 29.7 Å². The number of hydrogen-bond donors (Lipinski definition) is 1. The quantitative estimate of drug-likeness (QED) is 0.618. The molecular formula is C24H24BrN3O3. The Morgan fingerprint density at radius 1 is 1.16 bits per heavy atom. The van der Waals surface area contributed by atoms with Crippen molar-refractivity contribution in [3.8, 4) is 0 Å². The number of nitrogens with one attached hydrogen (secondary N) is 1. The predicted molar refractivity (Wildman–Crippen MR) is 122 cm³/mol. The number of piperazine rings is 1. The first kappa shape index (κ1) is 20.3. The normalized spacial score (nSPS) is 23.3. The van der Waals surface area contributed by atoms with Crippen molar-refractivity contribution in [1.29, 1.82) is 0 Å². The molecule has 2 aliphatic heterocycles. The molecule has 1 fully saturated rings. The van der Waals surface area contributed by atoms with Crippen LogP contribution in [-0.2, 0) is 19.9 Å². The lowest BCUT2D eigenvalue weighted by Crippen LogP contribution is -2.67. The van der Waals surface area contributed by atoms with E-state index in [1.54, 1.807) is 16.9 Å². The fourth-order valence-corrected chi connectivity index (χ4v) is 5.32. The minimum Gasteiger partial charge on any atom is -0.383 e. The van der Waals surface area contributed by atoms with E-state index in [1.807, 2.05) is 37.3 Å². The molecule has 1 aromatic heterocycles. The lowest BCUT2D eigenvalue weighted by atomic mass is 9.76. The van der Waals surface area contributed by atoms with Gasteiger partial charge in [0.1, 0.15) is 0 Å². The van der Waals surface area contributed by atoms with Crippen LogP contribution in [0.2, 0.25) is 0 Å². The highest BCUT2D eigenvalue weighted by Gasteiger charge is 2.56. The van der Waals surface area contributed by atoms with Crippen LogP contribution in [0.4, 0.5) is 0 Å². The van der Waals surface area contributed by atoms with Gasteiger partial charge in [0.2, 0.25) is 5.91 Å². The molecule has 31 heavy (non-hydrogen) atoms. The van der Waals surface area contributed by atoms with Gasteiger partial charge in [0.25, 0.3) is 5.91 Å². The lowest BCUT2D eigenvalue weighted by molar-refractivity contribution is -0.166. The monoisotopic (exact) mass is 481 g/mol. The van der Waals surface area contributed by atoms with E-state index in [2.05, 4.69) is 39.1 Å². The van der Waals surface area contributed by atoms with Crippen LogP contribution in [0.15, 0.2) is 53.0 Å². The van der Waals surface area contributed by atoms with Crippen LogP contribution in [0, 0.1) is 0 Å². The third kappa shape index (κ3) is 3.02. The van der Waals surface area contributed by atoms with Gasteiger partial charge in [0.15, 0.2) is 5.54 Å². The standard InChI is InChI=1S/C24H24BrN3O3/c1-24-22-21(17-5-3-4-6-19(17)26-22)18(15-7-9-16(25)10-8-15)13-28(24)20(29)14-27(23(24)30)11-12-31-2/h3-10,18,26H,11-14H2,1-2H3/t18?,24-/m0/s1. The Hall–Kier alpha value is -2.64. The molecule has 1 saturated heterocycles. The molecule has 0 radical (unpaired) electrons. The summed E-state index contributed by atoms with van der Waals surface area (Å²) in [4.78, 5) is 33.9. The topological polar surface area (TPSA) is 65.6 Å². The summed E-state index contributed by atoms with van der Waals surface area (Å²) in [6, 6.07) is 16.3. The van der Waals surface area contributed by atoms with E-state index in [9.17, 15) is 9.59 Å². The number of carbonyl (C=O) groups excluding carboxylic acids is 2. The van der Waals surface area contributed by atoms with Crippen LogP contribution in [0.5, 0.6) is 0 Å². The molecule has 2 atom stereocenters. The van der Waals surface area contributed by atoms with Crippen molar-refractivity contribution in [2.45, 2.75) is 18.4 Å². The summed E-state index contributed by atoms with van der Waals surface area (Å²) in [5, 5.41) is 1.10. The molecule has 0 aliphatic carbocycles.